The van der Waals surface area contributed by atoms with E-state index in [1.54, 1.807) is 7.11 Å². The zero-order valence-corrected chi connectivity index (χ0v) is 11.5. The van der Waals surface area contributed by atoms with E-state index in [4.69, 9.17) is 22.7 Å². The maximum Gasteiger partial charge on any atom is 0.119 e. The van der Waals surface area contributed by atoms with Crippen molar-refractivity contribution >= 4 is 27.4 Å². The van der Waals surface area contributed by atoms with Gasteiger partial charge in [0.15, 0.2) is 0 Å². The van der Waals surface area contributed by atoms with Gasteiger partial charge in [0.1, 0.15) is 10.1 Å². The van der Waals surface area contributed by atoms with Crippen LogP contribution in [0.15, 0.2) is 24.3 Å². The monoisotopic (exact) mass is 257 g/mol. The van der Waals surface area contributed by atoms with Crippen molar-refractivity contribution in [1.82, 2.24) is 0 Å². The molecule has 4 heteroatoms. The fourth-order valence-corrected chi connectivity index (χ4v) is 2.59. The fourth-order valence-electron chi connectivity index (χ4n) is 1.46. The average Bonchev–Trinajstić information content (AvgIpc) is 2.29. The second-order valence-corrected chi connectivity index (χ2v) is 6.78. The first-order valence-corrected chi connectivity index (χ1v) is 7.65. The van der Waals surface area contributed by atoms with Crippen LogP contribution < -0.4 is 10.5 Å². The van der Waals surface area contributed by atoms with Crippen LogP contribution in [0, 0.1) is 0 Å². The van der Waals surface area contributed by atoms with E-state index in [0.29, 0.717) is 4.32 Å². The molecule has 0 aliphatic carbocycles. The van der Waals surface area contributed by atoms with Gasteiger partial charge in [-0.05, 0) is 42.5 Å². The number of nitrogens with two attached hydrogens (primary N) is 1. The Hall–Kier alpha value is -0.740. The number of thiol groups is 1. The summed E-state index contributed by atoms with van der Waals surface area (Å²) in [5.41, 5.74) is 6.91. The number of ether oxygens (including phenoxy) is 1. The molecule has 0 amide bonds. The predicted molar refractivity (Wildman–Crippen MR) is 77.9 cm³/mol. The number of methoxy groups -OCH3 is 1. The summed E-state index contributed by atoms with van der Waals surface area (Å²) in [4.78, 5) is 0. The predicted octanol–water partition coefficient (Wildman–Crippen LogP) is 2.50. The minimum absolute atomic E-state index is 0.269. The van der Waals surface area contributed by atoms with Crippen molar-refractivity contribution in [3.8, 4) is 5.75 Å². The molecule has 0 radical (unpaired) electrons. The summed E-state index contributed by atoms with van der Waals surface area (Å²) in [5, 5.41) is 0. The summed E-state index contributed by atoms with van der Waals surface area (Å²) < 4.78 is 5.86. The van der Waals surface area contributed by atoms with Gasteiger partial charge >= 0.3 is 0 Å². The molecule has 90 valence electrons. The maximum absolute atomic E-state index is 5.60. The Morgan fingerprint density at radius 2 is 2.25 bits per heavy atom. The zero-order valence-electron chi connectivity index (χ0n) is 9.77. The Balaban J connectivity index is 2.39. The second-order valence-electron chi connectivity index (χ2n) is 3.71. The second kappa shape index (κ2) is 6.76. The lowest BCUT2D eigenvalue weighted by molar-refractivity contribution is 0.414. The van der Waals surface area contributed by atoms with E-state index in [9.17, 15) is 0 Å². The largest absolute Gasteiger partial charge is 0.497 e. The molecule has 2 N–H and O–H groups in total. The quantitative estimate of drug-likeness (QED) is 0.628. The lowest BCUT2D eigenvalue weighted by Gasteiger charge is -2.13. The normalized spacial score (nSPS) is 13.2. The highest BCUT2D eigenvalue weighted by atomic mass is 32.2. The van der Waals surface area contributed by atoms with Gasteiger partial charge in [-0.15, -0.1) is 0 Å². The van der Waals surface area contributed by atoms with Crippen molar-refractivity contribution in [3.05, 3.63) is 29.8 Å². The number of hydrogen-bond acceptors (Lipinski definition) is 2. The van der Waals surface area contributed by atoms with Gasteiger partial charge in [0.05, 0.1) is 7.11 Å². The van der Waals surface area contributed by atoms with Gasteiger partial charge in [-0.3, -0.25) is 0 Å². The van der Waals surface area contributed by atoms with Crippen molar-refractivity contribution in [1.29, 1.82) is 0 Å². The lowest BCUT2D eigenvalue weighted by Crippen LogP contribution is -2.10. The molecule has 1 unspecified atom stereocenters. The van der Waals surface area contributed by atoms with Crippen LogP contribution in [-0.2, 0) is 6.42 Å². The minimum atomic E-state index is -0.269. The van der Waals surface area contributed by atoms with Gasteiger partial charge < -0.3 is 10.5 Å². The van der Waals surface area contributed by atoms with Crippen molar-refractivity contribution < 1.29 is 4.74 Å². The van der Waals surface area contributed by atoms with Crippen LogP contribution in [0.1, 0.15) is 12.0 Å². The van der Waals surface area contributed by atoms with Crippen LogP contribution in [0.3, 0.4) is 0 Å². The number of rotatable bonds is 5. The van der Waals surface area contributed by atoms with E-state index in [1.165, 1.54) is 5.56 Å². The topological polar surface area (TPSA) is 35.2 Å². The van der Waals surface area contributed by atoms with Crippen LogP contribution in [0.5, 0.6) is 5.75 Å². The molecule has 0 saturated carbocycles. The molecular weight excluding hydrogens is 238 g/mol. The first-order valence-electron chi connectivity index (χ1n) is 5.27. The highest BCUT2D eigenvalue weighted by Gasteiger charge is 2.01. The number of aryl methyl sites for hydroxylation is 1. The van der Waals surface area contributed by atoms with Crippen molar-refractivity contribution in [2.75, 3.05) is 19.1 Å². The van der Waals surface area contributed by atoms with Crippen LogP contribution in [0.4, 0.5) is 0 Å². The molecule has 0 bridgehead atoms. The molecule has 0 heterocycles. The van der Waals surface area contributed by atoms with Crippen LogP contribution in [0.25, 0.3) is 0 Å². The smallest absolute Gasteiger partial charge is 0.119 e. The van der Waals surface area contributed by atoms with Crippen LogP contribution in [-0.4, -0.2) is 23.4 Å². The molecule has 1 aromatic rings. The van der Waals surface area contributed by atoms with E-state index in [1.807, 2.05) is 12.1 Å². The molecule has 0 saturated heterocycles. The SMILES string of the molecule is COc1cccc(CCC[SH](C)C(N)=S)c1. The summed E-state index contributed by atoms with van der Waals surface area (Å²) >= 11 is 4.97. The summed E-state index contributed by atoms with van der Waals surface area (Å²) in [6.45, 7) is 0. The molecular formula is C12H19NOS2. The van der Waals surface area contributed by atoms with Crippen LogP contribution >= 0.6 is 23.1 Å². The average molecular weight is 257 g/mol. The Kier molecular flexibility index (Phi) is 5.63. The van der Waals surface area contributed by atoms with E-state index < -0.39 is 0 Å². The molecule has 16 heavy (non-hydrogen) atoms. The van der Waals surface area contributed by atoms with Gasteiger partial charge in [0.2, 0.25) is 0 Å². The molecule has 0 aliphatic heterocycles. The summed E-state index contributed by atoms with van der Waals surface area (Å²) in [6, 6.07) is 8.20. The van der Waals surface area contributed by atoms with Crippen molar-refractivity contribution in [3.63, 3.8) is 0 Å². The van der Waals surface area contributed by atoms with E-state index in [-0.39, 0.29) is 10.9 Å². The maximum atomic E-state index is 5.60. The summed E-state index contributed by atoms with van der Waals surface area (Å²) in [5.74, 6) is 2.03. The minimum Gasteiger partial charge on any atom is -0.497 e. The van der Waals surface area contributed by atoms with E-state index in [0.717, 1.165) is 24.3 Å². The molecule has 1 aromatic carbocycles. The third-order valence-electron chi connectivity index (χ3n) is 2.47. The Morgan fingerprint density at radius 3 is 2.88 bits per heavy atom. The lowest BCUT2D eigenvalue weighted by atomic mass is 10.1. The summed E-state index contributed by atoms with van der Waals surface area (Å²) in [6.07, 6.45) is 4.34. The molecule has 0 aromatic heterocycles. The standard InChI is InChI=1S/C12H19NOS2/c1-14-11-7-3-5-10(9-11)6-4-8-16(2)12(13)15/h3,5,7,9,16H,4,6,8H2,1-2H3,(H2,13,15). The van der Waals surface area contributed by atoms with Gasteiger partial charge in [-0.25, -0.2) is 10.9 Å². The van der Waals surface area contributed by atoms with Gasteiger partial charge in [0, 0.05) is 0 Å². The van der Waals surface area contributed by atoms with Crippen molar-refractivity contribution in [2.24, 2.45) is 5.73 Å². The first-order chi connectivity index (χ1) is 7.63. The Morgan fingerprint density at radius 1 is 1.50 bits per heavy atom. The number of thiocarbonyl (C=S) groups is 1. The first kappa shape index (κ1) is 13.3. The molecule has 0 spiro atoms. The van der Waals surface area contributed by atoms with Crippen molar-refractivity contribution in [2.45, 2.75) is 12.8 Å². The third-order valence-corrected chi connectivity index (χ3v) is 5.14. The van der Waals surface area contributed by atoms with Gasteiger partial charge in [-0.1, -0.05) is 24.4 Å². The Bertz CT molecular complexity index is 355. The fraction of sp³-hybridized carbons (Fsp3) is 0.417. The van der Waals surface area contributed by atoms with E-state index in [2.05, 4.69) is 18.4 Å². The molecule has 2 nitrogen and oxygen atoms in total. The third kappa shape index (κ3) is 4.41. The van der Waals surface area contributed by atoms with Gasteiger partial charge in [-0.2, -0.15) is 0 Å². The van der Waals surface area contributed by atoms with Crippen LogP contribution in [0.2, 0.25) is 0 Å². The highest BCUT2D eigenvalue weighted by molar-refractivity contribution is 8.35. The van der Waals surface area contributed by atoms with Gasteiger partial charge in [0.25, 0.3) is 0 Å². The molecule has 1 atom stereocenters. The molecule has 1 rings (SSSR count). The van der Waals surface area contributed by atoms with E-state index >= 15 is 0 Å². The Labute approximate surface area is 106 Å². The number of hydrogen-bond donors (Lipinski definition) is 2. The number of benzene rings is 1. The molecule has 0 fully saturated rings. The zero-order chi connectivity index (χ0) is 12.0. The highest BCUT2D eigenvalue weighted by Crippen LogP contribution is 2.22. The summed E-state index contributed by atoms with van der Waals surface area (Å²) in [7, 11) is 1.42. The molecule has 0 aliphatic rings.